The van der Waals surface area contributed by atoms with E-state index in [0.717, 1.165) is 12.4 Å². The smallest absolute Gasteiger partial charge is 0.218 e. The van der Waals surface area contributed by atoms with Gasteiger partial charge >= 0.3 is 0 Å². The van der Waals surface area contributed by atoms with Gasteiger partial charge in [0.15, 0.2) is 0 Å². The minimum Gasteiger partial charge on any atom is -0.481 e. The van der Waals surface area contributed by atoms with Crippen molar-refractivity contribution in [2.75, 3.05) is 31.7 Å². The van der Waals surface area contributed by atoms with E-state index >= 15 is 0 Å². The van der Waals surface area contributed by atoms with Crippen molar-refractivity contribution in [3.8, 4) is 5.88 Å². The van der Waals surface area contributed by atoms with Crippen molar-refractivity contribution in [3.05, 3.63) is 12.4 Å². The lowest BCUT2D eigenvalue weighted by molar-refractivity contribution is 0.0279. The van der Waals surface area contributed by atoms with Crippen LogP contribution < -0.4 is 15.4 Å². The van der Waals surface area contributed by atoms with Crippen LogP contribution in [0.4, 0.5) is 5.82 Å². The van der Waals surface area contributed by atoms with Gasteiger partial charge < -0.3 is 20.1 Å². The highest BCUT2D eigenvalue weighted by Crippen LogP contribution is 2.21. The maximum atomic E-state index is 5.64. The van der Waals surface area contributed by atoms with E-state index in [1.54, 1.807) is 7.11 Å². The Bertz CT molecular complexity index is 374. The molecule has 94 valence electrons. The number of methoxy groups -OCH3 is 1. The van der Waals surface area contributed by atoms with E-state index < -0.39 is 0 Å². The topological polar surface area (TPSA) is 73.5 Å². The highest BCUT2D eigenvalue weighted by molar-refractivity contribution is 5.42. The van der Waals surface area contributed by atoms with Crippen LogP contribution >= 0.6 is 0 Å². The first-order valence-electron chi connectivity index (χ1n) is 5.69. The molecule has 0 aliphatic carbocycles. The molecule has 2 unspecified atom stereocenters. The predicted molar refractivity (Wildman–Crippen MR) is 64.2 cm³/mol. The first-order valence-corrected chi connectivity index (χ1v) is 5.69. The molecule has 2 rings (SSSR count). The molecule has 2 heterocycles. The molecule has 2 N–H and O–H groups in total. The van der Waals surface area contributed by atoms with Crippen molar-refractivity contribution in [1.82, 2.24) is 9.97 Å². The fourth-order valence-corrected chi connectivity index (χ4v) is 1.88. The summed E-state index contributed by atoms with van der Waals surface area (Å²) in [4.78, 5) is 10.4. The van der Waals surface area contributed by atoms with E-state index in [-0.39, 0.29) is 12.1 Å². The third-order valence-electron chi connectivity index (χ3n) is 2.90. The van der Waals surface area contributed by atoms with Gasteiger partial charge in [0, 0.05) is 19.2 Å². The van der Waals surface area contributed by atoms with Crippen molar-refractivity contribution in [2.45, 2.75) is 19.1 Å². The second-order valence-electron chi connectivity index (χ2n) is 4.11. The van der Waals surface area contributed by atoms with Gasteiger partial charge in [-0.2, -0.15) is 0 Å². The van der Waals surface area contributed by atoms with Gasteiger partial charge in [-0.3, -0.25) is 0 Å². The zero-order valence-electron chi connectivity index (χ0n) is 10.2. The summed E-state index contributed by atoms with van der Waals surface area (Å²) in [6, 6.07) is 2.10. The number of nitrogens with zero attached hydrogens (tertiary/aromatic N) is 3. The number of rotatable bonds is 3. The Balaban J connectivity index is 2.18. The summed E-state index contributed by atoms with van der Waals surface area (Å²) in [5.41, 5.74) is 5.64. The van der Waals surface area contributed by atoms with Crippen LogP contribution in [0.25, 0.3) is 0 Å². The highest BCUT2D eigenvalue weighted by Gasteiger charge is 2.26. The second-order valence-corrected chi connectivity index (χ2v) is 4.11. The third-order valence-corrected chi connectivity index (χ3v) is 2.90. The fraction of sp³-hybridized carbons (Fsp3) is 0.636. The second kappa shape index (κ2) is 5.29. The molecule has 0 aromatic carbocycles. The Labute approximate surface area is 101 Å². The predicted octanol–water partition coefficient (Wildman–Crippen LogP) is 0.0376. The van der Waals surface area contributed by atoms with E-state index in [1.165, 1.54) is 6.33 Å². The van der Waals surface area contributed by atoms with Gasteiger partial charge in [0.2, 0.25) is 5.88 Å². The van der Waals surface area contributed by atoms with E-state index in [4.69, 9.17) is 15.2 Å². The highest BCUT2D eigenvalue weighted by atomic mass is 16.5. The summed E-state index contributed by atoms with van der Waals surface area (Å²) in [7, 11) is 1.59. The quantitative estimate of drug-likeness (QED) is 0.801. The van der Waals surface area contributed by atoms with Crippen molar-refractivity contribution in [3.63, 3.8) is 0 Å². The molecule has 0 amide bonds. The Morgan fingerprint density at radius 2 is 2.41 bits per heavy atom. The minimum absolute atomic E-state index is 0.0622. The zero-order valence-corrected chi connectivity index (χ0v) is 10.2. The Kier molecular flexibility index (Phi) is 3.75. The Hall–Kier alpha value is -1.40. The van der Waals surface area contributed by atoms with Crippen molar-refractivity contribution in [1.29, 1.82) is 0 Å². The molecule has 6 nitrogen and oxygen atoms in total. The van der Waals surface area contributed by atoms with Gasteiger partial charge in [-0.05, 0) is 6.92 Å². The molecular weight excluding hydrogens is 220 g/mol. The molecular formula is C11H18N4O2. The number of hydrogen-bond donors (Lipinski definition) is 1. The molecule has 1 aromatic heterocycles. The van der Waals surface area contributed by atoms with Crippen LogP contribution in [0.1, 0.15) is 6.92 Å². The first-order chi connectivity index (χ1) is 8.24. The molecule has 0 radical (unpaired) electrons. The maximum Gasteiger partial charge on any atom is 0.218 e. The lowest BCUT2D eigenvalue weighted by Crippen LogP contribution is -2.51. The molecule has 0 saturated carbocycles. The lowest BCUT2D eigenvalue weighted by atomic mass is 10.2. The standard InChI is InChI=1S/C11H18N4O2/c1-8-6-17-9(4-12)5-15(8)10-3-11(16-2)14-7-13-10/h3,7-9H,4-6,12H2,1-2H3. The molecule has 0 bridgehead atoms. The van der Waals surface area contributed by atoms with E-state index in [0.29, 0.717) is 19.0 Å². The number of morpholine rings is 1. The zero-order chi connectivity index (χ0) is 12.3. The van der Waals surface area contributed by atoms with Crippen molar-refractivity contribution < 1.29 is 9.47 Å². The summed E-state index contributed by atoms with van der Waals surface area (Å²) >= 11 is 0. The van der Waals surface area contributed by atoms with Gasteiger partial charge in [-0.1, -0.05) is 0 Å². The van der Waals surface area contributed by atoms with Gasteiger partial charge in [-0.25, -0.2) is 9.97 Å². The monoisotopic (exact) mass is 238 g/mol. The Morgan fingerprint density at radius 3 is 3.12 bits per heavy atom. The summed E-state index contributed by atoms with van der Waals surface area (Å²) < 4.78 is 10.7. The van der Waals surface area contributed by atoms with E-state index in [9.17, 15) is 0 Å². The average molecular weight is 238 g/mol. The van der Waals surface area contributed by atoms with Crippen LogP contribution in [0, 0.1) is 0 Å². The van der Waals surface area contributed by atoms with Gasteiger partial charge in [-0.15, -0.1) is 0 Å². The molecule has 0 spiro atoms. The SMILES string of the molecule is COc1cc(N2CC(CN)OCC2C)ncn1. The van der Waals surface area contributed by atoms with Crippen LogP contribution in [-0.2, 0) is 4.74 Å². The fourth-order valence-electron chi connectivity index (χ4n) is 1.88. The number of nitrogens with two attached hydrogens (primary N) is 1. The van der Waals surface area contributed by atoms with Crippen LogP contribution in [0.2, 0.25) is 0 Å². The van der Waals surface area contributed by atoms with Crippen LogP contribution in [0.5, 0.6) is 5.88 Å². The molecule has 1 saturated heterocycles. The molecule has 1 aliphatic heterocycles. The minimum atomic E-state index is 0.0622. The first kappa shape index (κ1) is 12.1. The van der Waals surface area contributed by atoms with Crippen molar-refractivity contribution >= 4 is 5.82 Å². The number of aromatic nitrogens is 2. The lowest BCUT2D eigenvalue weighted by Gasteiger charge is -2.38. The summed E-state index contributed by atoms with van der Waals surface area (Å²) in [6.07, 6.45) is 1.57. The van der Waals surface area contributed by atoms with E-state index in [1.807, 2.05) is 6.07 Å². The van der Waals surface area contributed by atoms with Crippen LogP contribution in [-0.4, -0.2) is 48.9 Å². The average Bonchev–Trinajstić information content (AvgIpc) is 2.39. The molecule has 1 aliphatic rings. The molecule has 6 heteroatoms. The van der Waals surface area contributed by atoms with Crippen LogP contribution in [0.3, 0.4) is 0 Å². The maximum absolute atomic E-state index is 5.64. The summed E-state index contributed by atoms with van der Waals surface area (Å²) in [6.45, 7) is 4.03. The van der Waals surface area contributed by atoms with Crippen molar-refractivity contribution in [2.24, 2.45) is 5.73 Å². The van der Waals surface area contributed by atoms with E-state index in [2.05, 4.69) is 21.8 Å². The normalized spacial score (nSPS) is 24.8. The molecule has 17 heavy (non-hydrogen) atoms. The summed E-state index contributed by atoms with van der Waals surface area (Å²) in [5.74, 6) is 1.42. The van der Waals surface area contributed by atoms with Crippen LogP contribution in [0.15, 0.2) is 12.4 Å². The molecule has 1 fully saturated rings. The number of ether oxygens (including phenoxy) is 2. The number of hydrogen-bond acceptors (Lipinski definition) is 6. The number of anilines is 1. The third kappa shape index (κ3) is 2.65. The van der Waals surface area contributed by atoms with Gasteiger partial charge in [0.05, 0.1) is 25.9 Å². The van der Waals surface area contributed by atoms with Gasteiger partial charge in [0.1, 0.15) is 12.1 Å². The molecule has 1 aromatic rings. The largest absolute Gasteiger partial charge is 0.481 e. The summed E-state index contributed by atoms with van der Waals surface area (Å²) in [5, 5.41) is 0. The molecule has 2 atom stereocenters. The van der Waals surface area contributed by atoms with Gasteiger partial charge in [0.25, 0.3) is 0 Å². The Morgan fingerprint density at radius 1 is 1.59 bits per heavy atom.